The van der Waals surface area contributed by atoms with Crippen LogP contribution in [0.25, 0.3) is 0 Å². The highest BCUT2D eigenvalue weighted by molar-refractivity contribution is 5.92. The molecule has 2 aliphatic heterocycles. The van der Waals surface area contributed by atoms with Gasteiger partial charge in [0, 0.05) is 25.7 Å². The van der Waals surface area contributed by atoms with Gasteiger partial charge in [-0.1, -0.05) is 12.8 Å². The molecule has 0 unspecified atom stereocenters. The molecule has 1 aliphatic carbocycles. The number of urea groups is 1. The van der Waals surface area contributed by atoms with E-state index in [1.165, 1.54) is 12.8 Å². The van der Waals surface area contributed by atoms with Crippen molar-refractivity contribution >= 4 is 11.9 Å². The predicted molar refractivity (Wildman–Crippen MR) is 88.6 cm³/mol. The van der Waals surface area contributed by atoms with Crippen LogP contribution in [-0.2, 0) is 13.1 Å². The monoisotopic (exact) mass is 331 g/mol. The lowest BCUT2D eigenvalue weighted by Crippen LogP contribution is -2.47. The molecule has 0 atom stereocenters. The van der Waals surface area contributed by atoms with Gasteiger partial charge in [0.15, 0.2) is 5.69 Å². The van der Waals surface area contributed by atoms with Crippen LogP contribution in [0.5, 0.6) is 0 Å². The Morgan fingerprint density at radius 1 is 1.00 bits per heavy atom. The van der Waals surface area contributed by atoms with Gasteiger partial charge in [-0.2, -0.15) is 5.10 Å². The summed E-state index contributed by atoms with van der Waals surface area (Å²) in [6, 6.07) is 2.20. The first kappa shape index (κ1) is 15.5. The van der Waals surface area contributed by atoms with Gasteiger partial charge in [0.1, 0.15) is 0 Å². The third-order valence-corrected chi connectivity index (χ3v) is 5.38. The van der Waals surface area contributed by atoms with Gasteiger partial charge in [-0.15, -0.1) is 0 Å². The fraction of sp³-hybridized carbons (Fsp3) is 0.706. The second-order valence-corrected chi connectivity index (χ2v) is 7.10. The van der Waals surface area contributed by atoms with E-state index in [0.717, 1.165) is 44.5 Å². The molecular formula is C17H25N5O2. The van der Waals surface area contributed by atoms with Gasteiger partial charge in [-0.3, -0.25) is 9.48 Å². The minimum Gasteiger partial charge on any atom is -0.337 e. The van der Waals surface area contributed by atoms with Gasteiger partial charge >= 0.3 is 6.03 Å². The average Bonchev–Trinajstić information content (AvgIpc) is 3.33. The van der Waals surface area contributed by atoms with Crippen molar-refractivity contribution in [1.29, 1.82) is 0 Å². The number of carbonyl (C=O) groups is 2. The van der Waals surface area contributed by atoms with Crippen LogP contribution in [0, 0.1) is 0 Å². The molecule has 0 bridgehead atoms. The molecule has 1 saturated carbocycles. The molecule has 0 radical (unpaired) electrons. The van der Waals surface area contributed by atoms with E-state index in [1.54, 1.807) is 0 Å². The van der Waals surface area contributed by atoms with Crippen molar-refractivity contribution in [3.05, 3.63) is 17.5 Å². The van der Waals surface area contributed by atoms with Gasteiger partial charge in [0.05, 0.1) is 18.8 Å². The summed E-state index contributed by atoms with van der Waals surface area (Å²) in [5, 5.41) is 7.60. The van der Waals surface area contributed by atoms with E-state index in [2.05, 4.69) is 10.4 Å². The Bertz CT molecular complexity index is 629. The minimum atomic E-state index is 0.0155. The lowest BCUT2D eigenvalue weighted by molar-refractivity contribution is 0.0785. The molecular weight excluding hydrogens is 306 g/mol. The van der Waals surface area contributed by atoms with Crippen LogP contribution < -0.4 is 5.32 Å². The van der Waals surface area contributed by atoms with Crippen molar-refractivity contribution in [3.8, 4) is 0 Å². The SMILES string of the molecule is O=C(NC1CCCC1)N1CCn2nc(C(=O)N3CCCC3)cc2C1. The molecule has 1 saturated heterocycles. The Kier molecular flexibility index (Phi) is 4.16. The van der Waals surface area contributed by atoms with Gasteiger partial charge in [0.25, 0.3) is 5.91 Å². The van der Waals surface area contributed by atoms with E-state index in [1.807, 2.05) is 20.5 Å². The molecule has 0 aromatic carbocycles. The fourth-order valence-corrected chi connectivity index (χ4v) is 3.96. The Labute approximate surface area is 142 Å². The molecule has 3 amide bonds. The molecule has 2 fully saturated rings. The number of likely N-dealkylation sites (tertiary alicyclic amines) is 1. The van der Waals surface area contributed by atoms with E-state index < -0.39 is 0 Å². The summed E-state index contributed by atoms with van der Waals surface area (Å²) in [6.07, 6.45) is 6.75. The molecule has 130 valence electrons. The standard InChI is InChI=1S/C17H25N5O2/c23-16(20-7-3-4-8-20)15-11-14-12-21(9-10-22(14)19-15)17(24)18-13-5-1-2-6-13/h11,13H,1-10,12H2,(H,18,24). The smallest absolute Gasteiger partial charge is 0.318 e. The summed E-state index contributed by atoms with van der Waals surface area (Å²) in [6.45, 7) is 3.48. The zero-order valence-electron chi connectivity index (χ0n) is 14.0. The van der Waals surface area contributed by atoms with Gasteiger partial charge in [-0.05, 0) is 31.7 Å². The Morgan fingerprint density at radius 2 is 1.75 bits per heavy atom. The number of rotatable bonds is 2. The van der Waals surface area contributed by atoms with Crippen molar-refractivity contribution in [1.82, 2.24) is 24.9 Å². The maximum atomic E-state index is 12.5. The number of aromatic nitrogens is 2. The largest absolute Gasteiger partial charge is 0.337 e. The Hall–Kier alpha value is -2.05. The molecule has 7 heteroatoms. The summed E-state index contributed by atoms with van der Waals surface area (Å²) >= 11 is 0. The maximum absolute atomic E-state index is 12.5. The lowest BCUT2D eigenvalue weighted by atomic mass is 10.2. The summed E-state index contributed by atoms with van der Waals surface area (Å²) in [5.41, 5.74) is 1.47. The normalized spacial score (nSPS) is 21.2. The molecule has 7 nitrogen and oxygen atoms in total. The summed E-state index contributed by atoms with van der Waals surface area (Å²) in [7, 11) is 0. The zero-order chi connectivity index (χ0) is 16.5. The third-order valence-electron chi connectivity index (χ3n) is 5.38. The number of nitrogens with one attached hydrogen (secondary N) is 1. The van der Waals surface area contributed by atoms with Crippen LogP contribution in [0.2, 0.25) is 0 Å². The van der Waals surface area contributed by atoms with Gasteiger partial charge in [0.2, 0.25) is 0 Å². The van der Waals surface area contributed by atoms with Crippen molar-refractivity contribution in [2.24, 2.45) is 0 Å². The molecule has 1 aromatic heterocycles. The van der Waals surface area contributed by atoms with E-state index in [4.69, 9.17) is 0 Å². The van der Waals surface area contributed by atoms with Crippen LogP contribution >= 0.6 is 0 Å². The first-order chi connectivity index (χ1) is 11.7. The van der Waals surface area contributed by atoms with Gasteiger partial charge in [-0.25, -0.2) is 4.79 Å². The molecule has 24 heavy (non-hydrogen) atoms. The second-order valence-electron chi connectivity index (χ2n) is 7.10. The quantitative estimate of drug-likeness (QED) is 0.894. The van der Waals surface area contributed by atoms with Gasteiger partial charge < -0.3 is 15.1 Å². The van der Waals surface area contributed by atoms with Crippen LogP contribution in [0.15, 0.2) is 6.07 Å². The van der Waals surface area contributed by atoms with E-state index in [-0.39, 0.29) is 11.9 Å². The maximum Gasteiger partial charge on any atom is 0.318 e. The third kappa shape index (κ3) is 2.99. The number of fused-ring (bicyclic) bond motifs is 1. The topological polar surface area (TPSA) is 70.5 Å². The number of amides is 3. The van der Waals surface area contributed by atoms with Crippen molar-refractivity contribution < 1.29 is 9.59 Å². The average molecular weight is 331 g/mol. The molecule has 3 heterocycles. The minimum absolute atomic E-state index is 0.0155. The Balaban J connectivity index is 1.41. The number of carbonyl (C=O) groups excluding carboxylic acids is 2. The summed E-state index contributed by atoms with van der Waals surface area (Å²) in [4.78, 5) is 28.6. The Morgan fingerprint density at radius 3 is 2.50 bits per heavy atom. The van der Waals surface area contributed by atoms with E-state index >= 15 is 0 Å². The van der Waals surface area contributed by atoms with E-state index in [9.17, 15) is 9.59 Å². The van der Waals surface area contributed by atoms with Crippen molar-refractivity contribution in [2.45, 2.75) is 57.7 Å². The lowest BCUT2D eigenvalue weighted by Gasteiger charge is -2.29. The molecule has 1 aromatic rings. The first-order valence-corrected chi connectivity index (χ1v) is 9.12. The molecule has 3 aliphatic rings. The second kappa shape index (κ2) is 6.45. The summed E-state index contributed by atoms with van der Waals surface area (Å²) in [5.74, 6) is 0.0244. The number of hydrogen-bond acceptors (Lipinski definition) is 3. The molecule has 1 N–H and O–H groups in total. The zero-order valence-corrected chi connectivity index (χ0v) is 14.0. The van der Waals surface area contributed by atoms with Crippen LogP contribution in [0.4, 0.5) is 4.79 Å². The summed E-state index contributed by atoms with van der Waals surface area (Å²) < 4.78 is 1.88. The highest BCUT2D eigenvalue weighted by Gasteiger charge is 2.28. The van der Waals surface area contributed by atoms with E-state index in [0.29, 0.717) is 31.4 Å². The van der Waals surface area contributed by atoms with Crippen molar-refractivity contribution in [3.63, 3.8) is 0 Å². The number of nitrogens with zero attached hydrogens (tertiary/aromatic N) is 4. The van der Waals surface area contributed by atoms with Crippen LogP contribution in [-0.4, -0.2) is 57.2 Å². The van der Waals surface area contributed by atoms with Crippen molar-refractivity contribution in [2.75, 3.05) is 19.6 Å². The highest BCUT2D eigenvalue weighted by atomic mass is 16.2. The fourth-order valence-electron chi connectivity index (χ4n) is 3.96. The van der Waals surface area contributed by atoms with Crippen LogP contribution in [0.1, 0.15) is 54.7 Å². The first-order valence-electron chi connectivity index (χ1n) is 9.12. The highest BCUT2D eigenvalue weighted by Crippen LogP contribution is 2.20. The number of hydrogen-bond donors (Lipinski definition) is 1. The molecule has 0 spiro atoms. The molecule has 4 rings (SSSR count). The van der Waals surface area contributed by atoms with Crippen LogP contribution in [0.3, 0.4) is 0 Å². The predicted octanol–water partition coefficient (Wildman–Crippen LogP) is 1.59.